The summed E-state index contributed by atoms with van der Waals surface area (Å²) < 4.78 is 144. The molecule has 0 aromatic heterocycles. The molecule has 0 N–H and O–H groups in total. The first kappa shape index (κ1) is 25.6. The third-order valence-corrected chi connectivity index (χ3v) is 9.15. The van der Waals surface area contributed by atoms with Gasteiger partial charge in [0.15, 0.2) is 3.57 Å². The molecular formula is C14H10F9IO4S. The molecule has 1 aromatic rings. The van der Waals surface area contributed by atoms with Crippen LogP contribution in [0.15, 0.2) is 39.2 Å². The average Bonchev–Trinajstić information content (AvgIpc) is 2.59. The summed E-state index contributed by atoms with van der Waals surface area (Å²) in [6, 6.07) is 6.13. The van der Waals surface area contributed by atoms with Crippen molar-refractivity contribution in [3.05, 3.63) is 42.8 Å². The summed E-state index contributed by atoms with van der Waals surface area (Å²) in [4.78, 5) is 0. The van der Waals surface area contributed by atoms with Crippen LogP contribution in [0.3, 0.4) is 0 Å². The van der Waals surface area contributed by atoms with Crippen LogP contribution >= 0.6 is 0 Å². The van der Waals surface area contributed by atoms with Gasteiger partial charge in [0, 0.05) is 0 Å². The Bertz CT molecular complexity index is 852. The van der Waals surface area contributed by atoms with E-state index in [-0.39, 0.29) is 3.57 Å². The summed E-state index contributed by atoms with van der Waals surface area (Å²) in [7, 11) is -6.99. The Balaban J connectivity index is 3.65. The van der Waals surface area contributed by atoms with Crippen LogP contribution in [0.1, 0.15) is 6.92 Å². The van der Waals surface area contributed by atoms with Crippen molar-refractivity contribution in [3.63, 3.8) is 0 Å². The lowest BCUT2D eigenvalue weighted by Crippen LogP contribution is -3.61. The average molecular weight is 572 g/mol. The molecule has 166 valence electrons. The van der Waals surface area contributed by atoms with Gasteiger partial charge in [-0.15, -0.1) is 0 Å². The lowest BCUT2D eigenvalue weighted by Gasteiger charge is -2.32. The summed E-state index contributed by atoms with van der Waals surface area (Å²) in [5.41, 5.74) is 0. The van der Waals surface area contributed by atoms with Crippen molar-refractivity contribution in [2.45, 2.75) is 30.2 Å². The molecule has 0 atom stereocenters. The van der Waals surface area contributed by atoms with E-state index in [2.05, 4.69) is 4.74 Å². The number of benzene rings is 1. The third kappa shape index (κ3) is 4.54. The summed E-state index contributed by atoms with van der Waals surface area (Å²) in [5, 5.41) is 4.84. The molecule has 1 aromatic carbocycles. The van der Waals surface area contributed by atoms with Crippen LogP contribution in [0.4, 0.5) is 39.5 Å². The third-order valence-electron chi connectivity index (χ3n) is 3.05. The molecular weight excluding hydrogens is 562 g/mol. The van der Waals surface area contributed by atoms with Crippen molar-refractivity contribution in [1.82, 2.24) is 0 Å². The number of ether oxygens (including phenoxy) is 1. The van der Waals surface area contributed by atoms with Gasteiger partial charge < -0.3 is 9.84 Å². The van der Waals surface area contributed by atoms with E-state index in [9.17, 15) is 53.0 Å². The number of alkyl halides is 9. The van der Waals surface area contributed by atoms with E-state index >= 15 is 0 Å². The van der Waals surface area contributed by atoms with E-state index in [1.54, 1.807) is 0 Å². The molecule has 0 saturated carbocycles. The van der Waals surface area contributed by atoms with Crippen LogP contribution in [-0.4, -0.2) is 38.3 Å². The number of hydrogen-bond acceptors (Lipinski definition) is 4. The van der Waals surface area contributed by atoms with Gasteiger partial charge >= 0.3 is 47.4 Å². The van der Waals surface area contributed by atoms with E-state index in [0.717, 1.165) is 19.1 Å². The van der Waals surface area contributed by atoms with Gasteiger partial charge in [-0.05, 0) is 18.7 Å². The Morgan fingerprint density at radius 3 is 1.86 bits per heavy atom. The van der Waals surface area contributed by atoms with Gasteiger partial charge in [0.05, 0.1) is 0 Å². The second kappa shape index (κ2) is 8.39. The Hall–Kier alpha value is -1.39. The Kier molecular flexibility index (Phi) is 7.42. The zero-order valence-corrected chi connectivity index (χ0v) is 16.9. The highest BCUT2D eigenvalue weighted by molar-refractivity contribution is 7.96. The molecule has 0 aliphatic heterocycles. The molecule has 4 nitrogen and oxygen atoms in total. The van der Waals surface area contributed by atoms with Crippen molar-refractivity contribution in [2.75, 3.05) is 6.61 Å². The summed E-state index contributed by atoms with van der Waals surface area (Å²) in [5.74, 6) is -16.9. The Labute approximate surface area is 168 Å². The minimum absolute atomic E-state index is 0.111. The molecule has 0 fully saturated rings. The Morgan fingerprint density at radius 2 is 1.45 bits per heavy atom. The monoisotopic (exact) mass is 572 g/mol. The molecule has 0 saturated heterocycles. The lowest BCUT2D eigenvalue weighted by atomic mass is 10.1. The molecule has 0 unspecified atom stereocenters. The standard InChI is InChI=1S/C14H10F9IO4S/c1-2-28-10(25)9(24-8-6-4-3-5-7-8)29(26,27)14(22,23)12(17,18)11(15,16)13(19,20)21/h3-7H,2H2,1H3/b10-9+. The van der Waals surface area contributed by atoms with Crippen molar-refractivity contribution < 1.29 is 79.0 Å². The van der Waals surface area contributed by atoms with Gasteiger partial charge in [0.1, 0.15) is 5.95 Å². The molecule has 0 radical (unpaired) electrons. The van der Waals surface area contributed by atoms with E-state index in [1.807, 2.05) is 0 Å². The first-order valence-corrected chi connectivity index (χ1v) is 10.8. The molecule has 1 rings (SSSR count). The van der Waals surface area contributed by atoms with Gasteiger partial charge in [-0.2, -0.15) is 39.5 Å². The number of rotatable bonds is 8. The first-order valence-electron chi connectivity index (χ1n) is 7.14. The predicted molar refractivity (Wildman–Crippen MR) is 73.6 cm³/mol. The van der Waals surface area contributed by atoms with Crippen molar-refractivity contribution in [2.24, 2.45) is 0 Å². The van der Waals surface area contributed by atoms with E-state index in [4.69, 9.17) is 0 Å². The molecule has 0 heterocycles. The zero-order valence-electron chi connectivity index (χ0n) is 13.9. The normalized spacial score (nSPS) is 15.1. The summed E-state index contributed by atoms with van der Waals surface area (Å²) in [6.07, 6.45) is -7.20. The molecule has 0 amide bonds. The number of sulfone groups is 1. The molecule has 15 heteroatoms. The zero-order chi connectivity index (χ0) is 22.9. The van der Waals surface area contributed by atoms with Crippen molar-refractivity contribution >= 4 is 9.84 Å². The second-order valence-corrected chi connectivity index (χ2v) is 10.6. The lowest BCUT2D eigenvalue weighted by molar-refractivity contribution is -0.577. The Morgan fingerprint density at radius 1 is 0.966 bits per heavy atom. The first-order chi connectivity index (χ1) is 12.9. The van der Waals surface area contributed by atoms with Crippen LogP contribution < -0.4 is 26.3 Å². The number of hydrogen-bond donors (Lipinski definition) is 0. The number of halogens is 10. The minimum Gasteiger partial charge on any atom is -0.610 e. The quantitative estimate of drug-likeness (QED) is 0.256. The van der Waals surface area contributed by atoms with Gasteiger partial charge in [0.25, 0.3) is 9.84 Å². The fraction of sp³-hybridized carbons (Fsp3) is 0.429. The molecule has 0 aliphatic rings. The van der Waals surface area contributed by atoms with Crippen molar-refractivity contribution in [3.8, 4) is 0 Å². The van der Waals surface area contributed by atoms with E-state index < -0.39 is 69.8 Å². The fourth-order valence-electron chi connectivity index (χ4n) is 1.61. The predicted octanol–water partition coefficient (Wildman–Crippen LogP) is 0.309. The highest BCUT2D eigenvalue weighted by Gasteiger charge is 2.86. The highest BCUT2D eigenvalue weighted by atomic mass is 127. The van der Waals surface area contributed by atoms with Crippen LogP contribution in [0.25, 0.3) is 0 Å². The maximum absolute atomic E-state index is 14.0. The van der Waals surface area contributed by atoms with Crippen LogP contribution in [-0.2, 0) is 14.6 Å². The topological polar surface area (TPSA) is 66.4 Å². The van der Waals surface area contributed by atoms with Crippen LogP contribution in [0, 0.1) is 3.57 Å². The molecule has 29 heavy (non-hydrogen) atoms. The second-order valence-electron chi connectivity index (χ2n) is 5.05. The van der Waals surface area contributed by atoms with Gasteiger partial charge in [-0.25, -0.2) is 8.42 Å². The van der Waals surface area contributed by atoms with Crippen molar-refractivity contribution in [1.29, 1.82) is 0 Å². The summed E-state index contributed by atoms with van der Waals surface area (Å²) in [6.45, 7) is 0.477. The molecule has 0 aliphatic carbocycles. The fourth-order valence-corrected chi connectivity index (χ4v) is 6.69. The van der Waals surface area contributed by atoms with Gasteiger partial charge in [-0.3, -0.25) is 0 Å². The van der Waals surface area contributed by atoms with E-state index in [0.29, 0.717) is 0 Å². The smallest absolute Gasteiger partial charge is 0.460 e. The molecule has 0 spiro atoms. The largest absolute Gasteiger partial charge is 0.610 e. The maximum atomic E-state index is 14.0. The molecule has 0 bridgehead atoms. The van der Waals surface area contributed by atoms with Gasteiger partial charge in [0.2, 0.25) is 0 Å². The van der Waals surface area contributed by atoms with Crippen LogP contribution in [0.2, 0.25) is 0 Å². The summed E-state index contributed by atoms with van der Waals surface area (Å²) >= 11 is -2.55. The minimum atomic E-state index is -7.42. The maximum Gasteiger partial charge on any atom is 0.460 e. The van der Waals surface area contributed by atoms with Gasteiger partial charge in [-0.1, -0.05) is 25.1 Å². The van der Waals surface area contributed by atoms with Crippen LogP contribution in [0.5, 0.6) is 0 Å². The highest BCUT2D eigenvalue weighted by Crippen LogP contribution is 2.55. The SMILES string of the molecule is CCO/C([O-])=C(\[I+]c1ccccc1)S(=O)(=O)C(F)(F)C(F)(F)C(F)(F)C(F)(F)F. The van der Waals surface area contributed by atoms with E-state index in [1.165, 1.54) is 18.2 Å².